The summed E-state index contributed by atoms with van der Waals surface area (Å²) in [5.74, 6) is -2.06. The number of fused-ring (bicyclic) bond motifs is 2. The number of hydrogen-bond acceptors (Lipinski definition) is 7. The average Bonchev–Trinajstić information content (AvgIpc) is 3.69. The molecule has 0 bridgehead atoms. The molecule has 0 atom stereocenters. The summed E-state index contributed by atoms with van der Waals surface area (Å²) in [4.78, 5) is 24.5. The molecular formula is C26H19ClF2N8S. The molecule has 7 heterocycles. The Morgan fingerprint density at radius 3 is 2.71 bits per heavy atom. The van der Waals surface area contributed by atoms with Crippen molar-refractivity contribution in [1.29, 1.82) is 0 Å². The van der Waals surface area contributed by atoms with Gasteiger partial charge >= 0.3 is 0 Å². The highest BCUT2D eigenvalue weighted by atomic mass is 35.5. The van der Waals surface area contributed by atoms with Gasteiger partial charge in [-0.05, 0) is 35.9 Å². The summed E-state index contributed by atoms with van der Waals surface area (Å²) >= 11 is 7.62. The van der Waals surface area contributed by atoms with Crippen LogP contribution in [0.25, 0.3) is 55.3 Å². The molecule has 7 rings (SSSR count). The van der Waals surface area contributed by atoms with Gasteiger partial charge in [0.15, 0.2) is 11.5 Å². The van der Waals surface area contributed by atoms with Crippen molar-refractivity contribution in [2.45, 2.75) is 18.9 Å². The summed E-state index contributed by atoms with van der Waals surface area (Å²) in [6.45, 7) is 0.558. The Morgan fingerprint density at radius 1 is 1.00 bits per heavy atom. The molecule has 38 heavy (non-hydrogen) atoms. The van der Waals surface area contributed by atoms with E-state index in [9.17, 15) is 8.78 Å². The summed E-state index contributed by atoms with van der Waals surface area (Å²) in [5, 5.41) is 7.52. The van der Waals surface area contributed by atoms with E-state index in [2.05, 4.69) is 25.1 Å². The number of nitrogens with one attached hydrogen (secondary N) is 2. The number of imidazole rings is 1. The quantitative estimate of drug-likeness (QED) is 0.267. The lowest BCUT2D eigenvalue weighted by Crippen LogP contribution is -2.24. The van der Waals surface area contributed by atoms with Crippen molar-refractivity contribution in [3.8, 4) is 33.2 Å². The van der Waals surface area contributed by atoms with E-state index < -0.39 is 5.92 Å². The molecule has 2 N–H and O–H groups in total. The topological polar surface area (TPSA) is 99.3 Å². The van der Waals surface area contributed by atoms with E-state index in [1.54, 1.807) is 29.7 Å². The van der Waals surface area contributed by atoms with Gasteiger partial charge in [-0.3, -0.25) is 20.0 Å². The van der Waals surface area contributed by atoms with Crippen LogP contribution in [-0.2, 0) is 6.54 Å². The van der Waals surface area contributed by atoms with Crippen molar-refractivity contribution < 1.29 is 8.78 Å². The molecule has 8 nitrogen and oxygen atoms in total. The molecule has 1 saturated heterocycles. The van der Waals surface area contributed by atoms with E-state index in [4.69, 9.17) is 21.6 Å². The first-order valence-corrected chi connectivity index (χ1v) is 13.1. The second-order valence-electron chi connectivity index (χ2n) is 9.34. The first kappa shape index (κ1) is 23.3. The highest BCUT2D eigenvalue weighted by Gasteiger charge is 2.37. The Labute approximate surface area is 223 Å². The summed E-state index contributed by atoms with van der Waals surface area (Å²) in [6, 6.07) is 9.54. The zero-order valence-corrected chi connectivity index (χ0v) is 21.3. The lowest BCUT2D eigenvalue weighted by atomic mass is 10.1. The van der Waals surface area contributed by atoms with Gasteiger partial charge in [-0.1, -0.05) is 11.6 Å². The fourth-order valence-corrected chi connectivity index (χ4v) is 5.88. The molecule has 1 fully saturated rings. The molecule has 0 aromatic carbocycles. The second kappa shape index (κ2) is 8.90. The predicted octanol–water partition coefficient (Wildman–Crippen LogP) is 6.18. The SMILES string of the molecule is FC1(F)CCN(Cc2cncc(-c3ccc4[nH]nc(-c5nc6c(-c7ccc(Cl)s7)cncc6[nH]5)c4n3)c2)C1. The van der Waals surface area contributed by atoms with Gasteiger partial charge in [0, 0.05) is 54.1 Å². The number of aromatic nitrogens is 7. The van der Waals surface area contributed by atoms with Crippen molar-refractivity contribution in [3.05, 3.63) is 65.0 Å². The summed E-state index contributed by atoms with van der Waals surface area (Å²) < 4.78 is 27.9. The maximum absolute atomic E-state index is 13.6. The molecule has 190 valence electrons. The lowest BCUT2D eigenvalue weighted by Gasteiger charge is -2.15. The van der Waals surface area contributed by atoms with Gasteiger partial charge in [0.2, 0.25) is 0 Å². The molecular weight excluding hydrogens is 530 g/mol. The van der Waals surface area contributed by atoms with E-state index in [1.807, 2.05) is 30.3 Å². The Balaban J connectivity index is 1.24. The highest BCUT2D eigenvalue weighted by molar-refractivity contribution is 7.19. The number of aromatic amines is 2. The monoisotopic (exact) mass is 548 g/mol. The normalized spacial score (nSPS) is 15.7. The number of thiophene rings is 1. The average molecular weight is 549 g/mol. The van der Waals surface area contributed by atoms with Crippen LogP contribution in [0.5, 0.6) is 0 Å². The maximum atomic E-state index is 13.6. The van der Waals surface area contributed by atoms with Crippen molar-refractivity contribution in [3.63, 3.8) is 0 Å². The van der Waals surface area contributed by atoms with Crippen LogP contribution < -0.4 is 0 Å². The first-order valence-electron chi connectivity index (χ1n) is 11.9. The first-order chi connectivity index (χ1) is 18.4. The van der Waals surface area contributed by atoms with E-state index in [0.29, 0.717) is 40.2 Å². The zero-order valence-electron chi connectivity index (χ0n) is 19.8. The van der Waals surface area contributed by atoms with Crippen LogP contribution in [0.2, 0.25) is 4.34 Å². The van der Waals surface area contributed by atoms with E-state index in [-0.39, 0.29) is 13.0 Å². The third-order valence-electron chi connectivity index (χ3n) is 6.61. The molecule has 0 amide bonds. The van der Waals surface area contributed by atoms with Crippen LogP contribution in [0.1, 0.15) is 12.0 Å². The second-order valence-corrected chi connectivity index (χ2v) is 11.1. The standard InChI is InChI=1S/C26H19ClF2N8S/c27-21-4-3-20(38-21)16-10-31-11-19-22(16)34-25(33-19)24-23-18(35-36-24)2-1-17(32-23)15-7-14(8-30-9-15)12-37-6-5-26(28,29)13-37/h1-4,7-11H,5-6,12-13H2,(H,33,34)(H,35,36). The fraction of sp³-hybridized carbons (Fsp3) is 0.192. The molecule has 1 aliphatic heterocycles. The van der Waals surface area contributed by atoms with Crippen molar-refractivity contribution >= 4 is 45.0 Å². The molecule has 12 heteroatoms. The number of likely N-dealkylation sites (tertiary alicyclic amines) is 1. The number of nitrogens with zero attached hydrogens (tertiary/aromatic N) is 6. The molecule has 0 saturated carbocycles. The number of halogens is 3. The maximum Gasteiger partial charge on any atom is 0.261 e. The summed E-state index contributed by atoms with van der Waals surface area (Å²) in [7, 11) is 0. The molecule has 1 aliphatic rings. The van der Waals surface area contributed by atoms with Crippen LogP contribution in [0.15, 0.2) is 55.1 Å². The molecule has 6 aromatic rings. The number of alkyl halides is 2. The summed E-state index contributed by atoms with van der Waals surface area (Å²) in [5.41, 5.74) is 6.78. The van der Waals surface area contributed by atoms with Gasteiger partial charge in [-0.2, -0.15) is 5.10 Å². The number of hydrogen-bond donors (Lipinski definition) is 2. The van der Waals surface area contributed by atoms with Gasteiger partial charge in [-0.15, -0.1) is 11.3 Å². The minimum atomic E-state index is -2.63. The van der Waals surface area contributed by atoms with Gasteiger partial charge in [0.25, 0.3) is 5.92 Å². The highest BCUT2D eigenvalue weighted by Crippen LogP contribution is 2.36. The van der Waals surface area contributed by atoms with Gasteiger partial charge in [-0.25, -0.2) is 18.7 Å². The van der Waals surface area contributed by atoms with Crippen LogP contribution >= 0.6 is 22.9 Å². The van der Waals surface area contributed by atoms with Gasteiger partial charge in [0.1, 0.15) is 11.0 Å². The van der Waals surface area contributed by atoms with E-state index in [0.717, 1.165) is 38.1 Å². The largest absolute Gasteiger partial charge is 0.335 e. The molecule has 0 aliphatic carbocycles. The number of rotatable bonds is 5. The lowest BCUT2D eigenvalue weighted by molar-refractivity contribution is 0.0115. The Morgan fingerprint density at radius 2 is 1.89 bits per heavy atom. The van der Waals surface area contributed by atoms with Crippen molar-refractivity contribution in [1.82, 2.24) is 40.0 Å². The third kappa shape index (κ3) is 4.22. The zero-order chi connectivity index (χ0) is 25.9. The van der Waals surface area contributed by atoms with Crippen molar-refractivity contribution in [2.24, 2.45) is 0 Å². The van der Waals surface area contributed by atoms with E-state index >= 15 is 0 Å². The van der Waals surface area contributed by atoms with Crippen LogP contribution in [0.4, 0.5) is 8.78 Å². The minimum Gasteiger partial charge on any atom is -0.335 e. The van der Waals surface area contributed by atoms with Crippen LogP contribution in [-0.4, -0.2) is 59.0 Å². The van der Waals surface area contributed by atoms with Crippen LogP contribution in [0, 0.1) is 0 Å². The number of pyridine rings is 3. The molecule has 0 unspecified atom stereocenters. The summed E-state index contributed by atoms with van der Waals surface area (Å²) in [6.07, 6.45) is 6.83. The molecule has 0 radical (unpaired) electrons. The Bertz CT molecular complexity index is 1810. The number of H-pyrrole nitrogens is 2. The van der Waals surface area contributed by atoms with Crippen LogP contribution in [0.3, 0.4) is 0 Å². The van der Waals surface area contributed by atoms with Gasteiger partial charge in [0.05, 0.1) is 33.8 Å². The van der Waals surface area contributed by atoms with E-state index in [1.165, 1.54) is 11.3 Å². The molecule has 6 aromatic heterocycles. The Hall–Kier alpha value is -3.80. The third-order valence-corrected chi connectivity index (χ3v) is 7.87. The predicted molar refractivity (Wildman–Crippen MR) is 143 cm³/mol. The minimum absolute atomic E-state index is 0.109. The van der Waals surface area contributed by atoms with Crippen molar-refractivity contribution in [2.75, 3.05) is 13.1 Å². The van der Waals surface area contributed by atoms with Gasteiger partial charge < -0.3 is 4.98 Å². The smallest absolute Gasteiger partial charge is 0.261 e. The Kier molecular flexibility index (Phi) is 5.46. The molecule has 0 spiro atoms. The fourth-order valence-electron chi connectivity index (χ4n) is 4.82.